The molecule has 0 spiro atoms. The van der Waals surface area contributed by atoms with Gasteiger partial charge in [-0.05, 0) is 45.0 Å². The SMILES string of the molecule is CCOc1cccc(-c2noc(C3CCNCC3)n2)c1. The Morgan fingerprint density at radius 1 is 1.35 bits per heavy atom. The van der Waals surface area contributed by atoms with Crippen molar-refractivity contribution in [1.82, 2.24) is 15.5 Å². The number of aromatic nitrogens is 2. The molecule has 5 heteroatoms. The molecule has 0 radical (unpaired) electrons. The molecule has 2 heterocycles. The van der Waals surface area contributed by atoms with E-state index in [4.69, 9.17) is 9.26 Å². The van der Waals surface area contributed by atoms with Gasteiger partial charge < -0.3 is 14.6 Å². The van der Waals surface area contributed by atoms with Crippen LogP contribution in [0, 0.1) is 0 Å². The van der Waals surface area contributed by atoms with Crippen LogP contribution in [0.2, 0.25) is 0 Å². The van der Waals surface area contributed by atoms with E-state index in [1.165, 1.54) is 0 Å². The van der Waals surface area contributed by atoms with Crippen LogP contribution < -0.4 is 10.1 Å². The van der Waals surface area contributed by atoms with Gasteiger partial charge >= 0.3 is 0 Å². The number of nitrogens with zero attached hydrogens (tertiary/aromatic N) is 2. The Hall–Kier alpha value is -1.88. The quantitative estimate of drug-likeness (QED) is 0.927. The number of nitrogens with one attached hydrogen (secondary N) is 1. The average molecular weight is 273 g/mol. The maximum absolute atomic E-state index is 5.50. The van der Waals surface area contributed by atoms with Gasteiger partial charge in [0.05, 0.1) is 6.61 Å². The van der Waals surface area contributed by atoms with Crippen molar-refractivity contribution in [3.05, 3.63) is 30.2 Å². The van der Waals surface area contributed by atoms with E-state index in [1.54, 1.807) is 0 Å². The fourth-order valence-corrected chi connectivity index (χ4v) is 2.48. The van der Waals surface area contributed by atoms with Crippen molar-refractivity contribution in [2.24, 2.45) is 0 Å². The molecule has 106 valence electrons. The van der Waals surface area contributed by atoms with Crippen LogP contribution in [0.15, 0.2) is 28.8 Å². The van der Waals surface area contributed by atoms with Crippen molar-refractivity contribution >= 4 is 0 Å². The molecule has 1 aromatic carbocycles. The largest absolute Gasteiger partial charge is 0.494 e. The first-order valence-corrected chi connectivity index (χ1v) is 7.14. The lowest BCUT2D eigenvalue weighted by atomic mass is 9.98. The molecular formula is C15H19N3O2. The van der Waals surface area contributed by atoms with Crippen LogP contribution in [0.4, 0.5) is 0 Å². The van der Waals surface area contributed by atoms with E-state index < -0.39 is 0 Å². The smallest absolute Gasteiger partial charge is 0.230 e. The Morgan fingerprint density at radius 2 is 2.20 bits per heavy atom. The van der Waals surface area contributed by atoms with E-state index in [0.717, 1.165) is 43.1 Å². The van der Waals surface area contributed by atoms with Gasteiger partial charge in [-0.2, -0.15) is 4.98 Å². The second kappa shape index (κ2) is 6.05. The summed E-state index contributed by atoms with van der Waals surface area (Å²) in [4.78, 5) is 4.54. The maximum Gasteiger partial charge on any atom is 0.230 e. The molecule has 1 aliphatic heterocycles. The van der Waals surface area contributed by atoms with Gasteiger partial charge in [-0.15, -0.1) is 0 Å². The van der Waals surface area contributed by atoms with Gasteiger partial charge in [0.25, 0.3) is 0 Å². The average Bonchev–Trinajstić information content (AvgIpc) is 2.99. The van der Waals surface area contributed by atoms with Crippen LogP contribution in [0.25, 0.3) is 11.4 Å². The number of piperidine rings is 1. The molecular weight excluding hydrogens is 254 g/mol. The van der Waals surface area contributed by atoms with Crippen LogP contribution in [-0.2, 0) is 0 Å². The van der Waals surface area contributed by atoms with Crippen molar-refractivity contribution in [2.75, 3.05) is 19.7 Å². The van der Waals surface area contributed by atoms with Gasteiger partial charge in [0, 0.05) is 11.5 Å². The lowest BCUT2D eigenvalue weighted by Crippen LogP contribution is -2.26. The lowest BCUT2D eigenvalue weighted by Gasteiger charge is -2.18. The summed E-state index contributed by atoms with van der Waals surface area (Å²) in [7, 11) is 0. The molecule has 0 aliphatic carbocycles. The molecule has 0 saturated carbocycles. The van der Waals surface area contributed by atoms with Gasteiger partial charge in [0.2, 0.25) is 11.7 Å². The number of benzene rings is 1. The number of rotatable bonds is 4. The third-order valence-electron chi connectivity index (χ3n) is 3.53. The molecule has 0 atom stereocenters. The predicted molar refractivity (Wildman–Crippen MR) is 75.7 cm³/mol. The molecule has 3 rings (SSSR count). The maximum atomic E-state index is 5.50. The summed E-state index contributed by atoms with van der Waals surface area (Å²) in [5, 5.41) is 7.44. The van der Waals surface area contributed by atoms with Crippen molar-refractivity contribution < 1.29 is 9.26 Å². The third-order valence-corrected chi connectivity index (χ3v) is 3.53. The van der Waals surface area contributed by atoms with E-state index in [9.17, 15) is 0 Å². The van der Waals surface area contributed by atoms with Crippen molar-refractivity contribution in [3.63, 3.8) is 0 Å². The van der Waals surface area contributed by atoms with Crippen molar-refractivity contribution in [2.45, 2.75) is 25.7 Å². The zero-order chi connectivity index (χ0) is 13.8. The number of hydrogen-bond acceptors (Lipinski definition) is 5. The molecule has 20 heavy (non-hydrogen) atoms. The summed E-state index contributed by atoms with van der Waals surface area (Å²) >= 11 is 0. The van der Waals surface area contributed by atoms with Crippen LogP contribution in [0.1, 0.15) is 31.6 Å². The first kappa shape index (κ1) is 13.1. The van der Waals surface area contributed by atoms with Gasteiger partial charge in [-0.3, -0.25) is 0 Å². The number of ether oxygens (including phenoxy) is 1. The first-order chi connectivity index (χ1) is 9.86. The molecule has 0 amide bonds. The highest BCUT2D eigenvalue weighted by Crippen LogP contribution is 2.27. The van der Waals surface area contributed by atoms with Crippen LogP contribution in [-0.4, -0.2) is 29.8 Å². The Labute approximate surface area is 118 Å². The second-order valence-electron chi connectivity index (χ2n) is 4.94. The zero-order valence-corrected chi connectivity index (χ0v) is 11.6. The Balaban J connectivity index is 1.80. The Morgan fingerprint density at radius 3 is 3.00 bits per heavy atom. The predicted octanol–water partition coefficient (Wildman–Crippen LogP) is 2.60. The fourth-order valence-electron chi connectivity index (χ4n) is 2.48. The van der Waals surface area contributed by atoms with Crippen LogP contribution >= 0.6 is 0 Å². The van der Waals surface area contributed by atoms with E-state index >= 15 is 0 Å². The molecule has 2 aromatic rings. The van der Waals surface area contributed by atoms with Gasteiger partial charge in [0.15, 0.2) is 0 Å². The normalized spacial score (nSPS) is 16.2. The van der Waals surface area contributed by atoms with E-state index in [-0.39, 0.29) is 0 Å². The summed E-state index contributed by atoms with van der Waals surface area (Å²) in [5.41, 5.74) is 0.930. The Bertz CT molecular complexity index is 562. The van der Waals surface area contributed by atoms with Crippen molar-refractivity contribution in [1.29, 1.82) is 0 Å². The highest BCUT2D eigenvalue weighted by Gasteiger charge is 2.21. The summed E-state index contributed by atoms with van der Waals surface area (Å²) in [5.74, 6) is 2.61. The number of hydrogen-bond donors (Lipinski definition) is 1. The molecule has 0 unspecified atom stereocenters. The molecule has 0 bridgehead atoms. The minimum Gasteiger partial charge on any atom is -0.494 e. The third kappa shape index (κ3) is 2.82. The summed E-state index contributed by atoms with van der Waals surface area (Å²) in [6.45, 7) is 4.65. The van der Waals surface area contributed by atoms with Gasteiger partial charge in [0.1, 0.15) is 5.75 Å². The van der Waals surface area contributed by atoms with Crippen molar-refractivity contribution in [3.8, 4) is 17.1 Å². The lowest BCUT2D eigenvalue weighted by molar-refractivity contribution is 0.320. The van der Waals surface area contributed by atoms with Crippen LogP contribution in [0.5, 0.6) is 5.75 Å². The summed E-state index contributed by atoms with van der Waals surface area (Å²) < 4.78 is 10.9. The molecule has 1 aliphatic rings. The monoisotopic (exact) mass is 273 g/mol. The van der Waals surface area contributed by atoms with E-state index in [1.807, 2.05) is 31.2 Å². The molecule has 1 saturated heterocycles. The van der Waals surface area contributed by atoms with Crippen LogP contribution in [0.3, 0.4) is 0 Å². The zero-order valence-electron chi connectivity index (χ0n) is 11.6. The van der Waals surface area contributed by atoms with E-state index in [0.29, 0.717) is 18.3 Å². The molecule has 1 N–H and O–H groups in total. The molecule has 1 aromatic heterocycles. The van der Waals surface area contributed by atoms with Gasteiger partial charge in [-0.25, -0.2) is 0 Å². The standard InChI is InChI=1S/C15H19N3O2/c1-2-19-13-5-3-4-12(10-13)14-17-15(20-18-14)11-6-8-16-9-7-11/h3-5,10-11,16H,2,6-9H2,1H3. The first-order valence-electron chi connectivity index (χ1n) is 7.14. The minimum absolute atomic E-state index is 0.382. The highest BCUT2D eigenvalue weighted by atomic mass is 16.5. The molecule has 1 fully saturated rings. The highest BCUT2D eigenvalue weighted by molar-refractivity contribution is 5.56. The van der Waals surface area contributed by atoms with E-state index in [2.05, 4.69) is 15.5 Å². The summed E-state index contributed by atoms with van der Waals surface area (Å²) in [6, 6.07) is 7.79. The summed E-state index contributed by atoms with van der Waals surface area (Å²) in [6.07, 6.45) is 2.11. The van der Waals surface area contributed by atoms with Gasteiger partial charge in [-0.1, -0.05) is 17.3 Å². The second-order valence-corrected chi connectivity index (χ2v) is 4.94. The topological polar surface area (TPSA) is 60.2 Å². The fraction of sp³-hybridized carbons (Fsp3) is 0.467. The minimum atomic E-state index is 0.382. The Kier molecular flexibility index (Phi) is 3.97. The molecule has 5 nitrogen and oxygen atoms in total.